The Labute approximate surface area is 119 Å². The Morgan fingerprint density at radius 2 is 1.55 bits per heavy atom. The fourth-order valence-electron chi connectivity index (χ4n) is 2.26. The molecule has 3 nitrogen and oxygen atoms in total. The van der Waals surface area contributed by atoms with E-state index in [1.807, 2.05) is 32.9 Å². The average molecular weight is 269 g/mol. The van der Waals surface area contributed by atoms with Crippen LogP contribution in [0.25, 0.3) is 0 Å². The Bertz CT molecular complexity index is 642. The normalized spacial score (nSPS) is 10.4. The third-order valence-electron chi connectivity index (χ3n) is 3.28. The fourth-order valence-corrected chi connectivity index (χ4v) is 2.26. The van der Waals surface area contributed by atoms with E-state index < -0.39 is 0 Å². The molecule has 0 saturated carbocycles. The molecule has 20 heavy (non-hydrogen) atoms. The summed E-state index contributed by atoms with van der Waals surface area (Å²) in [6.45, 7) is 5.89. The highest BCUT2D eigenvalue weighted by Gasteiger charge is 2.17. The number of hydrogen-bond donors (Lipinski definition) is 1. The molecular weight excluding hydrogens is 250 g/mol. The number of aryl methyl sites for hydroxylation is 3. The highest BCUT2D eigenvalue weighted by molar-refractivity contribution is 6.07. The molecule has 1 N–H and O–H groups in total. The highest BCUT2D eigenvalue weighted by atomic mass is 16.3. The zero-order valence-electron chi connectivity index (χ0n) is 12.3. The summed E-state index contributed by atoms with van der Waals surface area (Å²) in [5.74, 6) is -0.201. The van der Waals surface area contributed by atoms with Gasteiger partial charge in [0.05, 0.1) is 5.56 Å². The Morgan fingerprint density at radius 1 is 0.950 bits per heavy atom. The maximum Gasteiger partial charge on any atom is 0.261 e. The highest BCUT2D eigenvalue weighted by Crippen LogP contribution is 2.24. The summed E-state index contributed by atoms with van der Waals surface area (Å²) in [5.41, 5.74) is 4.31. The summed E-state index contributed by atoms with van der Waals surface area (Å²) in [6, 6.07) is 11.0. The van der Waals surface area contributed by atoms with Gasteiger partial charge in [0, 0.05) is 12.7 Å². The van der Waals surface area contributed by atoms with Gasteiger partial charge in [0.15, 0.2) is 0 Å². The number of benzene rings is 2. The van der Waals surface area contributed by atoms with Crippen molar-refractivity contribution in [2.75, 3.05) is 11.9 Å². The van der Waals surface area contributed by atoms with Gasteiger partial charge in [-0.1, -0.05) is 17.7 Å². The SMILES string of the molecule is Cc1cc(C)cc(N(C)C(=O)c2cc(C)ccc2O)c1. The van der Waals surface area contributed by atoms with E-state index in [2.05, 4.69) is 6.07 Å². The van der Waals surface area contributed by atoms with Crippen LogP contribution in [0.4, 0.5) is 5.69 Å². The third-order valence-corrected chi connectivity index (χ3v) is 3.28. The number of aromatic hydroxyl groups is 1. The molecule has 0 aliphatic heterocycles. The molecule has 2 aromatic rings. The molecule has 0 radical (unpaired) electrons. The van der Waals surface area contributed by atoms with Crippen LogP contribution in [0.1, 0.15) is 27.0 Å². The average Bonchev–Trinajstić information content (AvgIpc) is 2.38. The Balaban J connectivity index is 2.39. The number of hydrogen-bond acceptors (Lipinski definition) is 2. The second-order valence-corrected chi connectivity index (χ2v) is 5.23. The minimum atomic E-state index is -0.212. The van der Waals surface area contributed by atoms with Crippen molar-refractivity contribution in [1.29, 1.82) is 0 Å². The second-order valence-electron chi connectivity index (χ2n) is 5.23. The van der Waals surface area contributed by atoms with E-state index in [0.717, 1.165) is 22.4 Å². The Hall–Kier alpha value is -2.29. The summed E-state index contributed by atoms with van der Waals surface area (Å²) >= 11 is 0. The van der Waals surface area contributed by atoms with Gasteiger partial charge in [-0.3, -0.25) is 4.79 Å². The Morgan fingerprint density at radius 3 is 2.15 bits per heavy atom. The lowest BCUT2D eigenvalue weighted by Gasteiger charge is -2.19. The monoisotopic (exact) mass is 269 g/mol. The second kappa shape index (κ2) is 5.37. The maximum absolute atomic E-state index is 12.5. The van der Waals surface area contributed by atoms with Gasteiger partial charge < -0.3 is 10.0 Å². The minimum Gasteiger partial charge on any atom is -0.507 e. The zero-order valence-corrected chi connectivity index (χ0v) is 12.3. The molecule has 0 aliphatic rings. The largest absolute Gasteiger partial charge is 0.507 e. The first-order chi connectivity index (χ1) is 9.38. The molecule has 0 spiro atoms. The first-order valence-corrected chi connectivity index (χ1v) is 6.54. The number of carbonyl (C=O) groups is 1. The molecule has 3 heteroatoms. The lowest BCUT2D eigenvalue weighted by Crippen LogP contribution is -2.26. The maximum atomic E-state index is 12.5. The van der Waals surface area contributed by atoms with Crippen molar-refractivity contribution in [2.45, 2.75) is 20.8 Å². The van der Waals surface area contributed by atoms with Crippen LogP contribution in [0.2, 0.25) is 0 Å². The van der Waals surface area contributed by atoms with Crippen LogP contribution in [-0.4, -0.2) is 18.1 Å². The predicted molar refractivity (Wildman–Crippen MR) is 81.5 cm³/mol. The summed E-state index contributed by atoms with van der Waals surface area (Å²) < 4.78 is 0. The number of nitrogens with zero attached hydrogens (tertiary/aromatic N) is 1. The standard InChI is InChI=1S/C17H19NO2/c1-11-5-6-16(19)15(10-11)17(20)18(4)14-8-12(2)7-13(3)9-14/h5-10,19H,1-4H3. The van der Waals surface area contributed by atoms with Crippen molar-refractivity contribution in [3.05, 3.63) is 58.7 Å². The van der Waals surface area contributed by atoms with Crippen molar-refractivity contribution in [3.63, 3.8) is 0 Å². The summed E-state index contributed by atoms with van der Waals surface area (Å²) in [4.78, 5) is 14.1. The van der Waals surface area contributed by atoms with Gasteiger partial charge in [-0.2, -0.15) is 0 Å². The number of anilines is 1. The van der Waals surface area contributed by atoms with Crippen molar-refractivity contribution < 1.29 is 9.90 Å². The van der Waals surface area contributed by atoms with Gasteiger partial charge in [0.2, 0.25) is 0 Å². The van der Waals surface area contributed by atoms with Gasteiger partial charge in [-0.15, -0.1) is 0 Å². The number of carbonyl (C=O) groups excluding carboxylic acids is 1. The van der Waals surface area contributed by atoms with Crippen LogP contribution in [0.5, 0.6) is 5.75 Å². The van der Waals surface area contributed by atoms with Crippen LogP contribution in [0, 0.1) is 20.8 Å². The van der Waals surface area contributed by atoms with Crippen LogP contribution in [0.3, 0.4) is 0 Å². The number of rotatable bonds is 2. The first-order valence-electron chi connectivity index (χ1n) is 6.54. The van der Waals surface area contributed by atoms with Gasteiger partial charge in [0.1, 0.15) is 5.75 Å². The van der Waals surface area contributed by atoms with Crippen LogP contribution < -0.4 is 4.90 Å². The van der Waals surface area contributed by atoms with Gasteiger partial charge in [-0.05, 0) is 56.2 Å². The third kappa shape index (κ3) is 2.82. The summed E-state index contributed by atoms with van der Waals surface area (Å²) in [7, 11) is 1.72. The topological polar surface area (TPSA) is 40.5 Å². The molecule has 0 fully saturated rings. The zero-order chi connectivity index (χ0) is 14.9. The van der Waals surface area contributed by atoms with Crippen molar-refractivity contribution in [1.82, 2.24) is 0 Å². The van der Waals surface area contributed by atoms with E-state index >= 15 is 0 Å². The lowest BCUT2D eigenvalue weighted by molar-refractivity contribution is 0.0990. The molecule has 2 aromatic carbocycles. The quantitative estimate of drug-likeness (QED) is 0.905. The molecule has 0 aliphatic carbocycles. The van der Waals surface area contributed by atoms with Crippen molar-refractivity contribution >= 4 is 11.6 Å². The smallest absolute Gasteiger partial charge is 0.261 e. The first kappa shape index (κ1) is 14.1. The molecule has 0 heterocycles. The molecule has 1 amide bonds. The van der Waals surface area contributed by atoms with Gasteiger partial charge in [0.25, 0.3) is 5.91 Å². The molecule has 0 unspecified atom stereocenters. The Kier molecular flexibility index (Phi) is 3.79. The van der Waals surface area contributed by atoms with E-state index in [1.54, 1.807) is 30.1 Å². The molecule has 0 aromatic heterocycles. The molecule has 0 saturated heterocycles. The molecule has 2 rings (SSSR count). The van der Waals surface area contributed by atoms with Gasteiger partial charge >= 0.3 is 0 Å². The fraction of sp³-hybridized carbons (Fsp3) is 0.235. The molecular formula is C17H19NO2. The number of phenolic OH excluding ortho intramolecular Hbond substituents is 1. The van der Waals surface area contributed by atoms with Crippen LogP contribution in [0.15, 0.2) is 36.4 Å². The molecule has 0 atom stereocenters. The van der Waals surface area contributed by atoms with E-state index in [-0.39, 0.29) is 11.7 Å². The van der Waals surface area contributed by atoms with E-state index in [1.165, 1.54) is 0 Å². The number of amides is 1. The van der Waals surface area contributed by atoms with E-state index in [0.29, 0.717) is 5.56 Å². The molecule has 104 valence electrons. The van der Waals surface area contributed by atoms with Crippen molar-refractivity contribution in [3.8, 4) is 5.75 Å². The van der Waals surface area contributed by atoms with Gasteiger partial charge in [-0.25, -0.2) is 0 Å². The van der Waals surface area contributed by atoms with Crippen LogP contribution >= 0.6 is 0 Å². The van der Waals surface area contributed by atoms with Crippen LogP contribution in [-0.2, 0) is 0 Å². The van der Waals surface area contributed by atoms with E-state index in [4.69, 9.17) is 0 Å². The van der Waals surface area contributed by atoms with E-state index in [9.17, 15) is 9.90 Å². The lowest BCUT2D eigenvalue weighted by atomic mass is 10.1. The summed E-state index contributed by atoms with van der Waals surface area (Å²) in [5, 5.41) is 9.86. The van der Waals surface area contributed by atoms with Crippen molar-refractivity contribution in [2.24, 2.45) is 0 Å². The number of phenols is 1. The molecule has 0 bridgehead atoms. The summed E-state index contributed by atoms with van der Waals surface area (Å²) in [6.07, 6.45) is 0. The minimum absolute atomic E-state index is 0.0109. The predicted octanol–water partition coefficient (Wildman–Crippen LogP) is 3.59.